The summed E-state index contributed by atoms with van der Waals surface area (Å²) in [5.74, 6) is 0.422. The Morgan fingerprint density at radius 2 is 1.89 bits per heavy atom. The second kappa shape index (κ2) is 11.1. The van der Waals surface area contributed by atoms with Crippen molar-refractivity contribution in [2.45, 2.75) is 32.9 Å². The average molecular weight is 487 g/mol. The zero-order valence-corrected chi connectivity index (χ0v) is 18.8. The number of carbonyl (C=O) groups excluding carboxylic acids is 2. The average Bonchev–Trinajstić information content (AvgIpc) is 2.60. The molecule has 150 valence electrons. The second-order valence-electron chi connectivity index (χ2n) is 6.94. The Morgan fingerprint density at radius 1 is 1.22 bits per heavy atom. The fraction of sp³-hybridized carbons (Fsp3) is 0.526. The van der Waals surface area contributed by atoms with Crippen LogP contribution in [-0.2, 0) is 22.6 Å². The molecule has 2 amide bonds. The summed E-state index contributed by atoms with van der Waals surface area (Å²) in [6.45, 7) is 5.52. The minimum atomic E-state index is -0.129. The molecule has 1 aliphatic rings. The number of hydrogen-bond donors (Lipinski definition) is 2. The quantitative estimate of drug-likeness (QED) is 0.372. The van der Waals surface area contributed by atoms with Crippen molar-refractivity contribution in [2.75, 3.05) is 33.7 Å². The Hall–Kier alpha value is -1.84. The number of carbonyl (C=O) groups is 2. The number of benzene rings is 1. The number of nitrogens with zero attached hydrogens (tertiary/aromatic N) is 3. The van der Waals surface area contributed by atoms with E-state index in [-0.39, 0.29) is 54.9 Å². The number of guanidine groups is 1. The predicted octanol–water partition coefficient (Wildman–Crippen LogP) is 1.22. The number of fused-ring (bicyclic) bond motifs is 1. The number of hydrogen-bond acceptors (Lipinski definition) is 3. The number of rotatable bonds is 5. The fourth-order valence-electron chi connectivity index (χ4n) is 2.77. The number of likely N-dealkylation sites (N-methyl/N-ethyl adjacent to an activating group) is 1. The zero-order chi connectivity index (χ0) is 19.1. The molecule has 0 fully saturated rings. The summed E-state index contributed by atoms with van der Waals surface area (Å²) in [5.41, 5.74) is 2.59. The van der Waals surface area contributed by atoms with Crippen molar-refractivity contribution in [1.82, 2.24) is 20.4 Å². The molecule has 8 heteroatoms. The van der Waals surface area contributed by atoms with Gasteiger partial charge in [-0.2, -0.15) is 0 Å². The van der Waals surface area contributed by atoms with Crippen LogP contribution in [0.2, 0.25) is 0 Å². The van der Waals surface area contributed by atoms with Gasteiger partial charge in [0.2, 0.25) is 11.8 Å². The van der Waals surface area contributed by atoms with Gasteiger partial charge < -0.3 is 20.4 Å². The van der Waals surface area contributed by atoms with Crippen molar-refractivity contribution in [1.29, 1.82) is 0 Å². The first-order valence-corrected chi connectivity index (χ1v) is 8.96. The third kappa shape index (κ3) is 7.36. The molecule has 0 bridgehead atoms. The van der Waals surface area contributed by atoms with Gasteiger partial charge in [-0.1, -0.05) is 24.3 Å². The van der Waals surface area contributed by atoms with E-state index >= 15 is 0 Å². The molecule has 0 aliphatic carbocycles. The van der Waals surface area contributed by atoms with Crippen molar-refractivity contribution in [3.8, 4) is 0 Å². The summed E-state index contributed by atoms with van der Waals surface area (Å²) >= 11 is 0. The summed E-state index contributed by atoms with van der Waals surface area (Å²) in [6.07, 6.45) is 0.913. The molecule has 1 aliphatic heterocycles. The van der Waals surface area contributed by atoms with E-state index in [1.807, 2.05) is 26.0 Å². The van der Waals surface area contributed by atoms with Crippen LogP contribution in [-0.4, -0.2) is 67.3 Å². The monoisotopic (exact) mass is 487 g/mol. The molecule has 1 heterocycles. The third-order valence-electron chi connectivity index (χ3n) is 4.15. The molecule has 0 saturated carbocycles. The number of halogens is 1. The molecule has 1 aromatic rings. The van der Waals surface area contributed by atoms with Crippen molar-refractivity contribution >= 4 is 41.8 Å². The molecular weight excluding hydrogens is 457 g/mol. The number of amides is 2. The molecule has 0 atom stereocenters. The molecule has 1 aromatic carbocycles. The maximum absolute atomic E-state index is 11.9. The Bertz CT molecular complexity index is 676. The van der Waals surface area contributed by atoms with Gasteiger partial charge in [-0.15, -0.1) is 24.0 Å². The van der Waals surface area contributed by atoms with E-state index in [4.69, 9.17) is 0 Å². The lowest BCUT2D eigenvalue weighted by atomic mass is 10.0. The summed E-state index contributed by atoms with van der Waals surface area (Å²) in [4.78, 5) is 31.9. The highest BCUT2D eigenvalue weighted by atomic mass is 127. The molecule has 2 N–H and O–H groups in total. The van der Waals surface area contributed by atoms with Crippen LogP contribution in [0.5, 0.6) is 0 Å². The Kier molecular flexibility index (Phi) is 9.54. The summed E-state index contributed by atoms with van der Waals surface area (Å²) < 4.78 is 0. The predicted molar refractivity (Wildman–Crippen MR) is 118 cm³/mol. The number of aliphatic imine (C=N–C) groups is 1. The molecule has 7 nitrogen and oxygen atoms in total. The zero-order valence-electron chi connectivity index (χ0n) is 16.5. The van der Waals surface area contributed by atoms with E-state index in [0.717, 1.165) is 13.0 Å². The lowest BCUT2D eigenvalue weighted by Crippen LogP contribution is -2.47. The molecule has 0 unspecified atom stereocenters. The van der Waals surface area contributed by atoms with Gasteiger partial charge in [0.25, 0.3) is 0 Å². The van der Waals surface area contributed by atoms with Gasteiger partial charge in [0, 0.05) is 33.2 Å². The standard InChI is InChI=1S/C19H29N5O2.HI/c1-14(2)22-17(25)11-20-19(21-12-18(26)23(3)4)24-10-9-15-7-5-6-8-16(15)13-24;/h5-8,14H,9-13H2,1-4H3,(H,20,21)(H,22,25);1H. The van der Waals surface area contributed by atoms with E-state index in [1.165, 1.54) is 16.0 Å². The van der Waals surface area contributed by atoms with Crippen LogP contribution in [0, 0.1) is 0 Å². The summed E-state index contributed by atoms with van der Waals surface area (Å²) in [6, 6.07) is 8.40. The molecule has 0 saturated heterocycles. The molecule has 27 heavy (non-hydrogen) atoms. The lowest BCUT2D eigenvalue weighted by molar-refractivity contribution is -0.127. The first kappa shape index (κ1) is 23.2. The number of nitrogens with one attached hydrogen (secondary N) is 2. The van der Waals surface area contributed by atoms with Crippen LogP contribution < -0.4 is 10.6 Å². The van der Waals surface area contributed by atoms with Gasteiger partial charge in [-0.05, 0) is 31.4 Å². The van der Waals surface area contributed by atoms with E-state index in [9.17, 15) is 9.59 Å². The third-order valence-corrected chi connectivity index (χ3v) is 4.15. The molecule has 0 aromatic heterocycles. The summed E-state index contributed by atoms with van der Waals surface area (Å²) in [7, 11) is 3.43. The maximum atomic E-state index is 11.9. The van der Waals surface area contributed by atoms with Gasteiger partial charge in [0.1, 0.15) is 6.54 Å². The largest absolute Gasteiger partial charge is 0.352 e. The van der Waals surface area contributed by atoms with E-state index in [0.29, 0.717) is 12.5 Å². The van der Waals surface area contributed by atoms with Crippen LogP contribution >= 0.6 is 24.0 Å². The van der Waals surface area contributed by atoms with Crippen LogP contribution in [0.4, 0.5) is 0 Å². The SMILES string of the molecule is CC(C)NC(=O)CN=C(NCC(=O)N(C)C)N1CCc2ccccc2C1.I. The van der Waals surface area contributed by atoms with Crippen LogP contribution in [0.3, 0.4) is 0 Å². The van der Waals surface area contributed by atoms with Gasteiger partial charge in [-0.3, -0.25) is 9.59 Å². The van der Waals surface area contributed by atoms with Crippen molar-refractivity contribution in [3.63, 3.8) is 0 Å². The van der Waals surface area contributed by atoms with E-state index in [2.05, 4.69) is 32.7 Å². The first-order chi connectivity index (χ1) is 12.4. The van der Waals surface area contributed by atoms with Gasteiger partial charge in [0.05, 0.1) is 6.54 Å². The lowest BCUT2D eigenvalue weighted by Gasteiger charge is -2.32. The van der Waals surface area contributed by atoms with Gasteiger partial charge in [-0.25, -0.2) is 4.99 Å². The topological polar surface area (TPSA) is 77.0 Å². The van der Waals surface area contributed by atoms with Gasteiger partial charge in [0.15, 0.2) is 5.96 Å². The maximum Gasteiger partial charge on any atom is 0.242 e. The highest BCUT2D eigenvalue weighted by Crippen LogP contribution is 2.18. The van der Waals surface area contributed by atoms with Crippen LogP contribution in [0.1, 0.15) is 25.0 Å². The highest BCUT2D eigenvalue weighted by Gasteiger charge is 2.20. The normalized spacial score (nSPS) is 13.5. The molecule has 0 radical (unpaired) electrons. The minimum absolute atomic E-state index is 0. The fourth-order valence-corrected chi connectivity index (χ4v) is 2.77. The van der Waals surface area contributed by atoms with Crippen molar-refractivity contribution in [3.05, 3.63) is 35.4 Å². The first-order valence-electron chi connectivity index (χ1n) is 8.96. The van der Waals surface area contributed by atoms with E-state index < -0.39 is 0 Å². The smallest absolute Gasteiger partial charge is 0.242 e. The molecular formula is C19H30IN5O2. The van der Waals surface area contributed by atoms with Crippen LogP contribution in [0.15, 0.2) is 29.3 Å². The van der Waals surface area contributed by atoms with Crippen LogP contribution in [0.25, 0.3) is 0 Å². The second-order valence-corrected chi connectivity index (χ2v) is 6.94. The Balaban J connectivity index is 0.00000364. The van der Waals surface area contributed by atoms with E-state index in [1.54, 1.807) is 14.1 Å². The Morgan fingerprint density at radius 3 is 2.52 bits per heavy atom. The minimum Gasteiger partial charge on any atom is -0.352 e. The van der Waals surface area contributed by atoms with Crippen molar-refractivity contribution < 1.29 is 9.59 Å². The summed E-state index contributed by atoms with van der Waals surface area (Å²) in [5, 5.41) is 5.95. The van der Waals surface area contributed by atoms with Crippen molar-refractivity contribution in [2.24, 2.45) is 4.99 Å². The molecule has 2 rings (SSSR count). The Labute approximate surface area is 178 Å². The molecule has 0 spiro atoms. The van der Waals surface area contributed by atoms with Gasteiger partial charge >= 0.3 is 0 Å². The highest BCUT2D eigenvalue weighted by molar-refractivity contribution is 14.0.